The van der Waals surface area contributed by atoms with Gasteiger partial charge in [-0.15, -0.1) is 11.3 Å². The third-order valence-corrected chi connectivity index (χ3v) is 4.29. The fourth-order valence-corrected chi connectivity index (χ4v) is 3.20. The molecule has 0 amide bonds. The Morgan fingerprint density at radius 3 is 2.71 bits per heavy atom. The molecule has 1 unspecified atom stereocenters. The molecule has 2 rings (SSSR count). The molecule has 4 nitrogen and oxygen atoms in total. The van der Waals surface area contributed by atoms with E-state index in [-0.39, 0.29) is 11.5 Å². The van der Waals surface area contributed by atoms with Gasteiger partial charge < -0.3 is 10.1 Å². The molecule has 0 aromatic carbocycles. The molecule has 114 valence electrons. The average Bonchev–Trinajstić information content (AvgIpc) is 2.93. The zero-order chi connectivity index (χ0) is 15.5. The molecule has 1 N–H and O–H groups in total. The smallest absolute Gasteiger partial charge is 0.217 e. The van der Waals surface area contributed by atoms with E-state index in [0.717, 1.165) is 22.7 Å². The standard InChI is InChI=1S/C16H23N3OS/c1-16(2,3)13-10-21-14(19-13)9-12(17-4)11-7-6-8-18-15(11)20-5/h6-8,10,12,17H,9H2,1-5H3. The van der Waals surface area contributed by atoms with Gasteiger partial charge in [0.1, 0.15) is 0 Å². The summed E-state index contributed by atoms with van der Waals surface area (Å²) < 4.78 is 5.36. The van der Waals surface area contributed by atoms with Crippen molar-refractivity contribution in [2.75, 3.05) is 14.2 Å². The van der Waals surface area contributed by atoms with Crippen molar-refractivity contribution in [3.8, 4) is 5.88 Å². The lowest BCUT2D eigenvalue weighted by molar-refractivity contribution is 0.384. The molecule has 0 aliphatic rings. The lowest BCUT2D eigenvalue weighted by atomic mass is 9.93. The first kappa shape index (κ1) is 15.9. The number of likely N-dealkylation sites (N-methyl/N-ethyl adjacent to an activating group) is 1. The van der Waals surface area contributed by atoms with E-state index in [4.69, 9.17) is 9.72 Å². The molecule has 0 spiro atoms. The predicted octanol–water partition coefficient (Wildman–Crippen LogP) is 3.35. The Kier molecular flexibility index (Phi) is 4.96. The summed E-state index contributed by atoms with van der Waals surface area (Å²) in [6.45, 7) is 6.56. The maximum atomic E-state index is 5.36. The Morgan fingerprint density at radius 2 is 2.14 bits per heavy atom. The number of nitrogens with one attached hydrogen (secondary N) is 1. The second-order valence-corrected chi connectivity index (χ2v) is 6.97. The van der Waals surface area contributed by atoms with Gasteiger partial charge in [0.05, 0.1) is 17.8 Å². The van der Waals surface area contributed by atoms with Gasteiger partial charge in [-0.3, -0.25) is 0 Å². The lowest BCUT2D eigenvalue weighted by Gasteiger charge is -2.18. The molecule has 1 atom stereocenters. The van der Waals surface area contributed by atoms with E-state index < -0.39 is 0 Å². The number of hydrogen-bond donors (Lipinski definition) is 1. The molecule has 0 fully saturated rings. The highest BCUT2D eigenvalue weighted by Gasteiger charge is 2.20. The molecule has 0 bridgehead atoms. The average molecular weight is 305 g/mol. The number of nitrogens with zero attached hydrogens (tertiary/aromatic N) is 2. The zero-order valence-electron chi connectivity index (χ0n) is 13.3. The van der Waals surface area contributed by atoms with Crippen molar-refractivity contribution in [1.82, 2.24) is 15.3 Å². The van der Waals surface area contributed by atoms with E-state index in [9.17, 15) is 0 Å². The van der Waals surface area contributed by atoms with Gasteiger partial charge in [0.25, 0.3) is 0 Å². The predicted molar refractivity (Wildman–Crippen MR) is 87.1 cm³/mol. The molecule has 2 aromatic rings. The maximum absolute atomic E-state index is 5.36. The first-order valence-electron chi connectivity index (χ1n) is 7.06. The van der Waals surface area contributed by atoms with Crippen molar-refractivity contribution in [3.05, 3.63) is 40.0 Å². The van der Waals surface area contributed by atoms with Crippen LogP contribution in [0.15, 0.2) is 23.7 Å². The highest BCUT2D eigenvalue weighted by atomic mass is 32.1. The molecule has 5 heteroatoms. The van der Waals surface area contributed by atoms with E-state index in [1.165, 1.54) is 0 Å². The highest BCUT2D eigenvalue weighted by molar-refractivity contribution is 7.09. The third-order valence-electron chi connectivity index (χ3n) is 3.42. The molecular weight excluding hydrogens is 282 g/mol. The van der Waals surface area contributed by atoms with Crippen molar-refractivity contribution in [2.45, 2.75) is 38.6 Å². The van der Waals surface area contributed by atoms with Crippen LogP contribution in [0.5, 0.6) is 5.88 Å². The van der Waals surface area contributed by atoms with Gasteiger partial charge in [-0.1, -0.05) is 26.8 Å². The van der Waals surface area contributed by atoms with Crippen molar-refractivity contribution in [1.29, 1.82) is 0 Å². The molecule has 0 saturated carbocycles. The van der Waals surface area contributed by atoms with E-state index in [2.05, 4.69) is 36.5 Å². The Morgan fingerprint density at radius 1 is 1.38 bits per heavy atom. The maximum Gasteiger partial charge on any atom is 0.217 e. The van der Waals surface area contributed by atoms with Gasteiger partial charge >= 0.3 is 0 Å². The summed E-state index contributed by atoms with van der Waals surface area (Å²) in [5, 5.41) is 6.62. The van der Waals surface area contributed by atoms with E-state index in [0.29, 0.717) is 5.88 Å². The van der Waals surface area contributed by atoms with Gasteiger partial charge in [-0.2, -0.15) is 0 Å². The van der Waals surface area contributed by atoms with Crippen LogP contribution in [-0.4, -0.2) is 24.1 Å². The van der Waals surface area contributed by atoms with Crippen molar-refractivity contribution >= 4 is 11.3 Å². The number of hydrogen-bond acceptors (Lipinski definition) is 5. The van der Waals surface area contributed by atoms with Crippen LogP contribution >= 0.6 is 11.3 Å². The van der Waals surface area contributed by atoms with Gasteiger partial charge in [0.15, 0.2) is 0 Å². The number of aromatic nitrogens is 2. The summed E-state index contributed by atoms with van der Waals surface area (Å²) in [5.41, 5.74) is 2.31. The van der Waals surface area contributed by atoms with Crippen molar-refractivity contribution in [2.24, 2.45) is 0 Å². The van der Waals surface area contributed by atoms with Crippen LogP contribution in [0.25, 0.3) is 0 Å². The SMILES string of the molecule is CNC(Cc1nc(C(C)(C)C)cs1)c1cccnc1OC. The first-order chi connectivity index (χ1) is 9.95. The Balaban J connectivity index is 2.21. The fraction of sp³-hybridized carbons (Fsp3) is 0.500. The Hall–Kier alpha value is -1.46. The van der Waals surface area contributed by atoms with E-state index >= 15 is 0 Å². The van der Waals surface area contributed by atoms with Crippen LogP contribution < -0.4 is 10.1 Å². The van der Waals surface area contributed by atoms with Gasteiger partial charge in [0, 0.05) is 35.0 Å². The van der Waals surface area contributed by atoms with Crippen molar-refractivity contribution in [3.63, 3.8) is 0 Å². The molecule has 2 aromatic heterocycles. The number of pyridine rings is 1. The molecular formula is C16H23N3OS. The van der Waals surface area contributed by atoms with Crippen molar-refractivity contribution < 1.29 is 4.74 Å². The monoisotopic (exact) mass is 305 g/mol. The first-order valence-corrected chi connectivity index (χ1v) is 7.94. The fourth-order valence-electron chi connectivity index (χ4n) is 2.13. The summed E-state index contributed by atoms with van der Waals surface area (Å²) in [5.74, 6) is 0.671. The minimum atomic E-state index is 0.0931. The summed E-state index contributed by atoms with van der Waals surface area (Å²) in [4.78, 5) is 9.04. The lowest BCUT2D eigenvalue weighted by Crippen LogP contribution is -2.20. The Bertz CT molecular complexity index is 589. The third kappa shape index (κ3) is 3.80. The quantitative estimate of drug-likeness (QED) is 0.920. The molecule has 0 radical (unpaired) electrons. The van der Waals surface area contributed by atoms with Gasteiger partial charge in [-0.05, 0) is 13.1 Å². The highest BCUT2D eigenvalue weighted by Crippen LogP contribution is 2.29. The largest absolute Gasteiger partial charge is 0.481 e. The van der Waals surface area contributed by atoms with Crippen LogP contribution in [0.1, 0.15) is 43.1 Å². The molecule has 0 saturated heterocycles. The summed E-state index contributed by atoms with van der Waals surface area (Å²) in [7, 11) is 3.61. The molecule has 2 heterocycles. The normalized spacial score (nSPS) is 13.2. The van der Waals surface area contributed by atoms with Crippen LogP contribution in [0.2, 0.25) is 0 Å². The number of rotatable bonds is 5. The molecule has 0 aliphatic heterocycles. The molecule has 0 aliphatic carbocycles. The Labute approximate surface area is 130 Å². The second-order valence-electron chi connectivity index (χ2n) is 6.02. The number of thiazole rings is 1. The topological polar surface area (TPSA) is 47.0 Å². The minimum Gasteiger partial charge on any atom is -0.481 e. The minimum absolute atomic E-state index is 0.0931. The van der Waals surface area contributed by atoms with E-state index in [1.807, 2.05) is 19.2 Å². The summed E-state index contributed by atoms with van der Waals surface area (Å²) in [6, 6.07) is 4.13. The van der Waals surface area contributed by atoms with Crippen LogP contribution in [-0.2, 0) is 11.8 Å². The van der Waals surface area contributed by atoms with E-state index in [1.54, 1.807) is 24.6 Å². The molecule has 21 heavy (non-hydrogen) atoms. The van der Waals surface area contributed by atoms with Crippen LogP contribution in [0.3, 0.4) is 0 Å². The number of methoxy groups -OCH3 is 1. The van der Waals surface area contributed by atoms with Gasteiger partial charge in [-0.25, -0.2) is 9.97 Å². The number of ether oxygens (including phenoxy) is 1. The van der Waals surface area contributed by atoms with Gasteiger partial charge in [0.2, 0.25) is 5.88 Å². The summed E-state index contributed by atoms with van der Waals surface area (Å²) >= 11 is 1.72. The summed E-state index contributed by atoms with van der Waals surface area (Å²) in [6.07, 6.45) is 2.58. The van der Waals surface area contributed by atoms with Crippen LogP contribution in [0, 0.1) is 0 Å². The van der Waals surface area contributed by atoms with Crippen LogP contribution in [0.4, 0.5) is 0 Å². The zero-order valence-corrected chi connectivity index (χ0v) is 14.1. The second kappa shape index (κ2) is 6.54.